The Morgan fingerprint density at radius 3 is 2.24 bits per heavy atom. The second-order valence-corrected chi connectivity index (χ2v) is 12.2. The molecule has 8 nitrogen and oxygen atoms in total. The smallest absolute Gasteiger partial charge is 0.264 e. The third-order valence-corrected chi connectivity index (χ3v) is 9.25. The SMILES string of the molecule is CCOc1ccc(N(CC(=O)N(Cc2ccccc2F)[C@@H](C)C(=O)NC2CCCCC2)S(=O)(=O)c2ccccc2)cc1. The Hall–Kier alpha value is -3.92. The maximum Gasteiger partial charge on any atom is 0.264 e. The number of hydrogen-bond acceptors (Lipinski definition) is 5. The van der Waals surface area contributed by atoms with E-state index in [0.29, 0.717) is 12.4 Å². The van der Waals surface area contributed by atoms with E-state index in [2.05, 4.69) is 5.32 Å². The van der Waals surface area contributed by atoms with Crippen molar-refractivity contribution in [2.45, 2.75) is 69.5 Å². The first-order valence-electron chi connectivity index (χ1n) is 14.3. The van der Waals surface area contributed by atoms with Crippen LogP contribution in [0.15, 0.2) is 83.8 Å². The number of ether oxygens (including phenoxy) is 1. The van der Waals surface area contributed by atoms with Gasteiger partial charge in [-0.25, -0.2) is 12.8 Å². The number of carbonyl (C=O) groups excluding carboxylic acids is 2. The summed E-state index contributed by atoms with van der Waals surface area (Å²) in [5.41, 5.74) is 0.475. The van der Waals surface area contributed by atoms with Crippen LogP contribution in [0.4, 0.5) is 10.1 Å². The van der Waals surface area contributed by atoms with Gasteiger partial charge in [0.2, 0.25) is 11.8 Å². The van der Waals surface area contributed by atoms with E-state index in [1.165, 1.54) is 23.1 Å². The van der Waals surface area contributed by atoms with E-state index in [-0.39, 0.29) is 34.6 Å². The predicted octanol–water partition coefficient (Wildman–Crippen LogP) is 5.29. The third-order valence-electron chi connectivity index (χ3n) is 7.46. The highest BCUT2D eigenvalue weighted by Gasteiger charge is 2.33. The lowest BCUT2D eigenvalue weighted by Crippen LogP contribution is -2.53. The van der Waals surface area contributed by atoms with Crippen molar-refractivity contribution < 1.29 is 27.1 Å². The highest BCUT2D eigenvalue weighted by Crippen LogP contribution is 2.27. The Morgan fingerprint density at radius 1 is 0.952 bits per heavy atom. The zero-order valence-electron chi connectivity index (χ0n) is 24.0. The summed E-state index contributed by atoms with van der Waals surface area (Å²) in [7, 11) is -4.19. The maximum atomic E-state index is 14.7. The first-order chi connectivity index (χ1) is 20.2. The average molecular weight is 596 g/mol. The maximum absolute atomic E-state index is 14.7. The highest BCUT2D eigenvalue weighted by atomic mass is 32.2. The Bertz CT molecular complexity index is 1440. The van der Waals surface area contributed by atoms with Gasteiger partial charge in [-0.1, -0.05) is 55.7 Å². The first-order valence-corrected chi connectivity index (χ1v) is 15.8. The number of anilines is 1. The molecule has 10 heteroatoms. The molecular weight excluding hydrogens is 557 g/mol. The van der Waals surface area contributed by atoms with Gasteiger partial charge < -0.3 is 15.0 Å². The molecule has 3 aromatic carbocycles. The number of halogens is 1. The van der Waals surface area contributed by atoms with Gasteiger partial charge in [0, 0.05) is 18.2 Å². The van der Waals surface area contributed by atoms with Gasteiger partial charge in [-0.15, -0.1) is 0 Å². The minimum absolute atomic E-state index is 0.00966. The minimum Gasteiger partial charge on any atom is -0.494 e. The molecule has 1 fully saturated rings. The Morgan fingerprint density at radius 2 is 1.60 bits per heavy atom. The Labute approximate surface area is 247 Å². The van der Waals surface area contributed by atoms with E-state index >= 15 is 0 Å². The van der Waals surface area contributed by atoms with Crippen LogP contribution in [0, 0.1) is 5.82 Å². The Balaban J connectivity index is 1.67. The fourth-order valence-corrected chi connectivity index (χ4v) is 6.52. The van der Waals surface area contributed by atoms with Crippen molar-refractivity contribution in [3.05, 3.63) is 90.2 Å². The average Bonchev–Trinajstić information content (AvgIpc) is 3.00. The lowest BCUT2D eigenvalue weighted by atomic mass is 9.95. The van der Waals surface area contributed by atoms with E-state index in [0.717, 1.165) is 36.4 Å². The van der Waals surface area contributed by atoms with Crippen LogP contribution in [0.5, 0.6) is 5.75 Å². The molecule has 224 valence electrons. The van der Waals surface area contributed by atoms with Gasteiger partial charge in [0.25, 0.3) is 10.0 Å². The van der Waals surface area contributed by atoms with Crippen LogP contribution in [0.1, 0.15) is 51.5 Å². The largest absolute Gasteiger partial charge is 0.494 e. The molecule has 2 amide bonds. The summed E-state index contributed by atoms with van der Waals surface area (Å²) in [5.74, 6) is -0.961. The van der Waals surface area contributed by atoms with Crippen LogP contribution >= 0.6 is 0 Å². The number of nitrogens with zero attached hydrogens (tertiary/aromatic N) is 2. The normalized spacial score (nSPS) is 14.5. The summed E-state index contributed by atoms with van der Waals surface area (Å²) in [6.45, 7) is 3.07. The Kier molecular flexibility index (Phi) is 10.6. The van der Waals surface area contributed by atoms with E-state index in [9.17, 15) is 22.4 Å². The van der Waals surface area contributed by atoms with Crippen LogP contribution in [-0.2, 0) is 26.2 Å². The molecule has 1 aliphatic rings. The molecule has 0 aromatic heterocycles. The summed E-state index contributed by atoms with van der Waals surface area (Å²) in [4.78, 5) is 28.6. The molecule has 42 heavy (non-hydrogen) atoms. The van der Waals surface area contributed by atoms with Crippen LogP contribution < -0.4 is 14.4 Å². The van der Waals surface area contributed by atoms with Crippen molar-refractivity contribution in [3.63, 3.8) is 0 Å². The molecule has 0 saturated heterocycles. The van der Waals surface area contributed by atoms with Crippen LogP contribution in [0.25, 0.3) is 0 Å². The number of carbonyl (C=O) groups is 2. The zero-order valence-corrected chi connectivity index (χ0v) is 24.9. The molecule has 0 spiro atoms. The van der Waals surface area contributed by atoms with E-state index in [4.69, 9.17) is 4.74 Å². The molecule has 1 aliphatic carbocycles. The number of rotatable bonds is 12. The molecule has 3 aromatic rings. The van der Waals surface area contributed by atoms with Crippen LogP contribution in [0.3, 0.4) is 0 Å². The predicted molar refractivity (Wildman–Crippen MR) is 160 cm³/mol. The summed E-state index contributed by atoms with van der Waals surface area (Å²) < 4.78 is 49.0. The lowest BCUT2D eigenvalue weighted by molar-refractivity contribution is -0.139. The highest BCUT2D eigenvalue weighted by molar-refractivity contribution is 7.92. The standard InChI is InChI=1S/C32H38FN3O5S/c1-3-41-28-20-18-27(19-21-28)36(42(39,40)29-15-8-5-9-16-29)23-31(37)35(22-25-12-10-11-17-30(25)33)24(2)32(38)34-26-13-6-4-7-14-26/h5,8-12,15-21,24,26H,3-4,6-7,13-14,22-23H2,1-2H3,(H,34,38)/t24-/m0/s1. The van der Waals surface area contributed by atoms with Crippen molar-refractivity contribution in [2.75, 3.05) is 17.5 Å². The van der Waals surface area contributed by atoms with Crippen molar-refractivity contribution in [1.82, 2.24) is 10.2 Å². The molecule has 1 saturated carbocycles. The fourth-order valence-electron chi connectivity index (χ4n) is 5.09. The van der Waals surface area contributed by atoms with Gasteiger partial charge in [-0.3, -0.25) is 13.9 Å². The molecule has 0 bridgehead atoms. The summed E-state index contributed by atoms with van der Waals surface area (Å²) in [5, 5.41) is 3.04. The molecule has 0 aliphatic heterocycles. The number of benzene rings is 3. The summed E-state index contributed by atoms with van der Waals surface area (Å²) >= 11 is 0. The summed E-state index contributed by atoms with van der Waals surface area (Å²) in [6, 6.07) is 19.3. The van der Waals surface area contributed by atoms with Crippen LogP contribution in [0.2, 0.25) is 0 Å². The van der Waals surface area contributed by atoms with E-state index in [1.54, 1.807) is 67.6 Å². The number of sulfonamides is 1. The number of hydrogen-bond donors (Lipinski definition) is 1. The van der Waals surface area contributed by atoms with Crippen molar-refractivity contribution in [1.29, 1.82) is 0 Å². The number of nitrogens with one attached hydrogen (secondary N) is 1. The number of amides is 2. The van der Waals surface area contributed by atoms with Crippen molar-refractivity contribution in [3.8, 4) is 5.75 Å². The van der Waals surface area contributed by atoms with Gasteiger partial charge >= 0.3 is 0 Å². The molecule has 4 rings (SSSR count). The third kappa shape index (κ3) is 7.67. The van der Waals surface area contributed by atoms with Crippen LogP contribution in [-0.4, -0.2) is 50.4 Å². The zero-order chi connectivity index (χ0) is 30.1. The molecule has 0 radical (unpaired) electrons. The van der Waals surface area contributed by atoms with Crippen molar-refractivity contribution >= 4 is 27.5 Å². The van der Waals surface area contributed by atoms with E-state index in [1.807, 2.05) is 6.92 Å². The fraction of sp³-hybridized carbons (Fsp3) is 0.375. The molecule has 0 heterocycles. The van der Waals surface area contributed by atoms with E-state index < -0.39 is 34.3 Å². The molecule has 1 N–H and O–H groups in total. The van der Waals surface area contributed by atoms with Crippen molar-refractivity contribution in [2.24, 2.45) is 0 Å². The summed E-state index contributed by atoms with van der Waals surface area (Å²) in [6.07, 6.45) is 4.88. The van der Waals surface area contributed by atoms with Gasteiger partial charge in [-0.2, -0.15) is 0 Å². The second-order valence-electron chi connectivity index (χ2n) is 10.4. The van der Waals surface area contributed by atoms with Gasteiger partial charge in [0.15, 0.2) is 0 Å². The molecular formula is C32H38FN3O5S. The minimum atomic E-state index is -4.19. The quantitative estimate of drug-likeness (QED) is 0.307. The molecule has 1 atom stereocenters. The second kappa shape index (κ2) is 14.3. The first kappa shape index (κ1) is 31.0. The van der Waals surface area contributed by atoms with Gasteiger partial charge in [-0.05, 0) is 69.2 Å². The molecule has 0 unspecified atom stereocenters. The monoisotopic (exact) mass is 595 g/mol. The topological polar surface area (TPSA) is 96.0 Å². The van der Waals surface area contributed by atoms with Gasteiger partial charge in [0.05, 0.1) is 17.2 Å². The lowest BCUT2D eigenvalue weighted by Gasteiger charge is -2.33. The van der Waals surface area contributed by atoms with Gasteiger partial charge in [0.1, 0.15) is 24.2 Å².